The van der Waals surface area contributed by atoms with E-state index in [0.717, 1.165) is 29.3 Å². The number of anilines is 1. The SMILES string of the molecule is Cc1nc(C2CCN(S(=O)(=O)N(C)C)CC2)nc2c1CC(=O)N2CCc1ccccc1. The first kappa shape index (κ1) is 21.9. The Balaban J connectivity index is 1.51. The van der Waals surface area contributed by atoms with Crippen molar-refractivity contribution < 1.29 is 13.2 Å². The number of benzene rings is 1. The molecule has 1 aromatic heterocycles. The fourth-order valence-electron chi connectivity index (χ4n) is 4.27. The van der Waals surface area contributed by atoms with E-state index in [9.17, 15) is 13.2 Å². The van der Waals surface area contributed by atoms with Crippen LogP contribution in [0.25, 0.3) is 0 Å². The zero-order chi connectivity index (χ0) is 22.2. The van der Waals surface area contributed by atoms with Crippen LogP contribution in [0.2, 0.25) is 0 Å². The molecule has 31 heavy (non-hydrogen) atoms. The molecular weight excluding hydrogens is 414 g/mol. The smallest absolute Gasteiger partial charge is 0.281 e. The second kappa shape index (κ2) is 8.64. The quantitative estimate of drug-likeness (QED) is 0.681. The van der Waals surface area contributed by atoms with Crippen LogP contribution in [-0.2, 0) is 27.8 Å². The average Bonchev–Trinajstić information content (AvgIpc) is 3.08. The fraction of sp³-hybridized carbons (Fsp3) is 0.500. The predicted octanol–water partition coefficient (Wildman–Crippen LogP) is 1.90. The first-order valence-corrected chi connectivity index (χ1v) is 12.1. The minimum atomic E-state index is -3.40. The van der Waals surface area contributed by atoms with E-state index in [4.69, 9.17) is 9.97 Å². The second-order valence-corrected chi connectivity index (χ2v) is 10.5. The number of amides is 1. The summed E-state index contributed by atoms with van der Waals surface area (Å²) < 4.78 is 27.5. The molecule has 2 aliphatic heterocycles. The summed E-state index contributed by atoms with van der Waals surface area (Å²) in [6.45, 7) is 3.41. The Morgan fingerprint density at radius 3 is 2.42 bits per heavy atom. The number of carbonyl (C=O) groups is 1. The molecule has 1 aromatic carbocycles. The van der Waals surface area contributed by atoms with E-state index in [-0.39, 0.29) is 11.8 Å². The molecule has 0 bridgehead atoms. The van der Waals surface area contributed by atoms with E-state index in [2.05, 4.69) is 12.1 Å². The molecule has 3 heterocycles. The van der Waals surface area contributed by atoms with Crippen molar-refractivity contribution in [3.05, 3.63) is 53.0 Å². The van der Waals surface area contributed by atoms with Gasteiger partial charge in [0.15, 0.2) is 0 Å². The lowest BCUT2D eigenvalue weighted by atomic mass is 9.97. The van der Waals surface area contributed by atoms with Crippen LogP contribution in [0.4, 0.5) is 5.82 Å². The highest BCUT2D eigenvalue weighted by Crippen LogP contribution is 2.33. The number of nitrogens with zero attached hydrogens (tertiary/aromatic N) is 5. The lowest BCUT2D eigenvalue weighted by Crippen LogP contribution is -2.44. The van der Waals surface area contributed by atoms with Crippen LogP contribution in [0.15, 0.2) is 30.3 Å². The van der Waals surface area contributed by atoms with Crippen LogP contribution in [0.1, 0.15) is 41.4 Å². The summed E-state index contributed by atoms with van der Waals surface area (Å²) in [6.07, 6.45) is 2.45. The highest BCUT2D eigenvalue weighted by molar-refractivity contribution is 7.86. The van der Waals surface area contributed by atoms with Gasteiger partial charge < -0.3 is 0 Å². The minimum absolute atomic E-state index is 0.0624. The van der Waals surface area contributed by atoms with Crippen molar-refractivity contribution >= 4 is 21.9 Å². The molecule has 1 saturated heterocycles. The molecule has 9 heteroatoms. The Hall–Kier alpha value is -2.36. The Bertz CT molecular complexity index is 1060. The highest BCUT2D eigenvalue weighted by atomic mass is 32.2. The predicted molar refractivity (Wildman–Crippen MR) is 119 cm³/mol. The van der Waals surface area contributed by atoms with Crippen molar-refractivity contribution in [1.29, 1.82) is 0 Å². The van der Waals surface area contributed by atoms with Crippen molar-refractivity contribution in [2.24, 2.45) is 0 Å². The van der Waals surface area contributed by atoms with Gasteiger partial charge in [-0.15, -0.1) is 0 Å². The number of carbonyl (C=O) groups excluding carboxylic acids is 1. The molecule has 0 radical (unpaired) electrons. The van der Waals surface area contributed by atoms with E-state index in [1.165, 1.54) is 14.2 Å². The fourth-order valence-corrected chi connectivity index (χ4v) is 5.41. The summed E-state index contributed by atoms with van der Waals surface area (Å²) in [5.74, 6) is 1.60. The largest absolute Gasteiger partial charge is 0.296 e. The molecule has 1 fully saturated rings. The maximum atomic E-state index is 12.7. The number of piperidine rings is 1. The molecule has 166 valence electrons. The van der Waals surface area contributed by atoms with Gasteiger partial charge in [0, 0.05) is 50.9 Å². The summed E-state index contributed by atoms with van der Waals surface area (Å²) >= 11 is 0. The molecule has 2 aliphatic rings. The van der Waals surface area contributed by atoms with Crippen molar-refractivity contribution in [1.82, 2.24) is 18.6 Å². The van der Waals surface area contributed by atoms with E-state index in [1.807, 2.05) is 25.1 Å². The third kappa shape index (κ3) is 4.35. The Morgan fingerprint density at radius 2 is 1.77 bits per heavy atom. The molecule has 0 N–H and O–H groups in total. The van der Waals surface area contributed by atoms with Gasteiger partial charge in [-0.25, -0.2) is 9.97 Å². The van der Waals surface area contributed by atoms with Crippen molar-refractivity contribution in [2.75, 3.05) is 38.6 Å². The first-order chi connectivity index (χ1) is 14.8. The number of aromatic nitrogens is 2. The van der Waals surface area contributed by atoms with Crippen LogP contribution >= 0.6 is 0 Å². The molecule has 0 spiro atoms. The molecular formula is C22H29N5O3S. The summed E-state index contributed by atoms with van der Waals surface area (Å²) in [4.78, 5) is 24.0. The van der Waals surface area contributed by atoms with E-state index in [0.29, 0.717) is 38.9 Å². The number of hydrogen-bond donors (Lipinski definition) is 0. The van der Waals surface area contributed by atoms with Gasteiger partial charge in [0.2, 0.25) is 5.91 Å². The lowest BCUT2D eigenvalue weighted by molar-refractivity contribution is -0.117. The third-order valence-electron chi connectivity index (χ3n) is 6.17. The van der Waals surface area contributed by atoms with Crippen molar-refractivity contribution in [3.8, 4) is 0 Å². The Kier molecular flexibility index (Phi) is 6.09. The van der Waals surface area contributed by atoms with Crippen LogP contribution in [-0.4, -0.2) is 66.6 Å². The molecule has 0 saturated carbocycles. The Morgan fingerprint density at radius 1 is 1.10 bits per heavy atom. The highest BCUT2D eigenvalue weighted by Gasteiger charge is 2.34. The molecule has 2 aromatic rings. The number of rotatable bonds is 6. The summed E-state index contributed by atoms with van der Waals surface area (Å²) in [7, 11) is -0.298. The number of hydrogen-bond acceptors (Lipinski definition) is 5. The maximum Gasteiger partial charge on any atom is 0.281 e. The zero-order valence-corrected chi connectivity index (χ0v) is 19.1. The van der Waals surface area contributed by atoms with Crippen molar-refractivity contribution in [3.63, 3.8) is 0 Å². The first-order valence-electron chi connectivity index (χ1n) is 10.7. The molecule has 0 atom stereocenters. The average molecular weight is 444 g/mol. The van der Waals surface area contributed by atoms with Crippen LogP contribution in [0.3, 0.4) is 0 Å². The third-order valence-corrected chi connectivity index (χ3v) is 8.11. The van der Waals surface area contributed by atoms with Crippen LogP contribution in [0.5, 0.6) is 0 Å². The normalized spacial score (nSPS) is 18.1. The second-order valence-electron chi connectivity index (χ2n) is 8.39. The minimum Gasteiger partial charge on any atom is -0.296 e. The van der Waals surface area contributed by atoms with Gasteiger partial charge in [0.05, 0.1) is 6.42 Å². The molecule has 0 unspecified atom stereocenters. The summed E-state index contributed by atoms with van der Waals surface area (Å²) in [5, 5.41) is 0. The van der Waals surface area contributed by atoms with Gasteiger partial charge in [0.1, 0.15) is 11.6 Å². The topological polar surface area (TPSA) is 86.7 Å². The molecule has 0 aliphatic carbocycles. The number of aryl methyl sites for hydroxylation is 1. The van der Waals surface area contributed by atoms with E-state index < -0.39 is 10.2 Å². The molecule has 8 nitrogen and oxygen atoms in total. The lowest BCUT2D eigenvalue weighted by Gasteiger charge is -2.32. The van der Waals surface area contributed by atoms with Crippen LogP contribution in [0, 0.1) is 6.92 Å². The van der Waals surface area contributed by atoms with Gasteiger partial charge >= 0.3 is 0 Å². The van der Waals surface area contributed by atoms with Crippen LogP contribution < -0.4 is 4.90 Å². The molecule has 1 amide bonds. The maximum absolute atomic E-state index is 12.7. The molecule has 4 rings (SSSR count). The van der Waals surface area contributed by atoms with Crippen molar-refractivity contribution in [2.45, 2.75) is 38.5 Å². The van der Waals surface area contributed by atoms with Gasteiger partial charge in [-0.2, -0.15) is 17.0 Å². The van der Waals surface area contributed by atoms with Gasteiger partial charge in [0.25, 0.3) is 10.2 Å². The Labute approximate surface area is 184 Å². The van der Waals surface area contributed by atoms with Gasteiger partial charge in [-0.05, 0) is 31.7 Å². The van der Waals surface area contributed by atoms with Gasteiger partial charge in [-0.1, -0.05) is 30.3 Å². The zero-order valence-electron chi connectivity index (χ0n) is 18.3. The summed E-state index contributed by atoms with van der Waals surface area (Å²) in [6, 6.07) is 10.1. The monoisotopic (exact) mass is 443 g/mol. The van der Waals surface area contributed by atoms with E-state index >= 15 is 0 Å². The standard InChI is InChI=1S/C22H29N5O3S/c1-16-19-15-20(28)27(14-9-17-7-5-4-6-8-17)22(19)24-21(23-16)18-10-12-26(13-11-18)31(29,30)25(2)3/h4-8,18H,9-15H2,1-3H3. The van der Waals surface area contributed by atoms with E-state index in [1.54, 1.807) is 19.0 Å². The summed E-state index contributed by atoms with van der Waals surface area (Å²) in [5.41, 5.74) is 2.94. The number of fused-ring (bicyclic) bond motifs is 1. The van der Waals surface area contributed by atoms with Gasteiger partial charge in [-0.3, -0.25) is 9.69 Å².